The van der Waals surface area contributed by atoms with Crippen molar-refractivity contribution in [3.63, 3.8) is 0 Å². The van der Waals surface area contributed by atoms with Gasteiger partial charge < -0.3 is 4.90 Å². The highest BCUT2D eigenvalue weighted by Gasteiger charge is 2.35. The molecule has 1 heteroatoms. The van der Waals surface area contributed by atoms with E-state index in [4.69, 9.17) is 0 Å². The van der Waals surface area contributed by atoms with E-state index in [1.807, 2.05) is 0 Å². The minimum atomic E-state index is -0.0547. The molecule has 0 saturated heterocycles. The molecule has 0 bridgehead atoms. The second-order valence-electron chi connectivity index (χ2n) is 15.7. The van der Waals surface area contributed by atoms with Gasteiger partial charge in [-0.05, 0) is 136 Å². The van der Waals surface area contributed by atoms with E-state index in [9.17, 15) is 0 Å². The summed E-state index contributed by atoms with van der Waals surface area (Å²) < 4.78 is 0. The van der Waals surface area contributed by atoms with Crippen LogP contribution in [-0.4, -0.2) is 0 Å². The van der Waals surface area contributed by atoms with Gasteiger partial charge in [-0.2, -0.15) is 0 Å². The molecular weight excluding hydrogens is 675 g/mol. The number of hydrogen-bond acceptors (Lipinski definition) is 1. The maximum atomic E-state index is 2.43. The van der Waals surface area contributed by atoms with Crippen molar-refractivity contribution in [2.75, 3.05) is 4.90 Å². The van der Waals surface area contributed by atoms with Gasteiger partial charge in [-0.15, -0.1) is 0 Å². The van der Waals surface area contributed by atoms with Crippen LogP contribution in [0.3, 0.4) is 0 Å². The van der Waals surface area contributed by atoms with Crippen LogP contribution in [0, 0.1) is 0 Å². The molecule has 10 aromatic rings. The molecule has 0 atom stereocenters. The number of benzene rings is 10. The third-order valence-corrected chi connectivity index (χ3v) is 12.2. The minimum Gasteiger partial charge on any atom is -0.310 e. The van der Waals surface area contributed by atoms with Crippen LogP contribution < -0.4 is 4.90 Å². The Morgan fingerprint density at radius 3 is 1.77 bits per heavy atom. The number of anilines is 3. The molecule has 0 radical (unpaired) electrons. The van der Waals surface area contributed by atoms with Gasteiger partial charge in [0.2, 0.25) is 0 Å². The number of fused-ring (bicyclic) bond motifs is 9. The van der Waals surface area contributed by atoms with E-state index < -0.39 is 0 Å². The molecule has 1 aliphatic rings. The van der Waals surface area contributed by atoms with Crippen molar-refractivity contribution in [1.29, 1.82) is 0 Å². The Kier molecular flexibility index (Phi) is 7.28. The van der Waals surface area contributed by atoms with Crippen LogP contribution >= 0.6 is 0 Å². The second kappa shape index (κ2) is 12.5. The fourth-order valence-electron chi connectivity index (χ4n) is 9.39. The first kappa shape index (κ1) is 32.5. The summed E-state index contributed by atoms with van der Waals surface area (Å²) in [5, 5.41) is 10.2. The summed E-state index contributed by atoms with van der Waals surface area (Å²) in [6.45, 7) is 4.69. The highest BCUT2D eigenvalue weighted by molar-refractivity contribution is 6.24. The van der Waals surface area contributed by atoms with Gasteiger partial charge >= 0.3 is 0 Å². The largest absolute Gasteiger partial charge is 0.310 e. The first-order valence-electron chi connectivity index (χ1n) is 19.6. The van der Waals surface area contributed by atoms with E-state index >= 15 is 0 Å². The molecule has 0 spiro atoms. The Morgan fingerprint density at radius 1 is 0.321 bits per heavy atom. The van der Waals surface area contributed by atoms with Gasteiger partial charge in [-0.25, -0.2) is 0 Å². The van der Waals surface area contributed by atoms with Crippen molar-refractivity contribution < 1.29 is 0 Å². The summed E-state index contributed by atoms with van der Waals surface area (Å²) in [6.07, 6.45) is 0. The molecule has 0 aromatic heterocycles. The Morgan fingerprint density at radius 2 is 0.929 bits per heavy atom. The van der Waals surface area contributed by atoms with Gasteiger partial charge in [-0.3, -0.25) is 0 Å². The van der Waals surface area contributed by atoms with Gasteiger partial charge in [-0.1, -0.05) is 166 Å². The predicted octanol–water partition coefficient (Wildman–Crippen LogP) is 15.4. The van der Waals surface area contributed by atoms with Gasteiger partial charge in [0.15, 0.2) is 0 Å². The topological polar surface area (TPSA) is 3.24 Å². The summed E-state index contributed by atoms with van der Waals surface area (Å²) in [6, 6.07) is 74.0. The Bertz CT molecular complexity index is 3150. The second-order valence-corrected chi connectivity index (χ2v) is 15.7. The monoisotopic (exact) mass is 713 g/mol. The Labute approximate surface area is 327 Å². The average Bonchev–Trinajstić information content (AvgIpc) is 3.48. The fraction of sp³-hybridized carbons (Fsp3) is 0.0545. The zero-order valence-electron chi connectivity index (χ0n) is 31.5. The van der Waals surface area contributed by atoms with Gasteiger partial charge in [0.05, 0.1) is 0 Å². The summed E-state index contributed by atoms with van der Waals surface area (Å²) in [4.78, 5) is 2.43. The molecule has 264 valence electrons. The Balaban J connectivity index is 1.08. The maximum absolute atomic E-state index is 2.43. The predicted molar refractivity (Wildman–Crippen MR) is 240 cm³/mol. The normalized spacial score (nSPS) is 13.0. The molecule has 0 fully saturated rings. The van der Waals surface area contributed by atoms with Crippen LogP contribution in [0.1, 0.15) is 25.0 Å². The fourth-order valence-corrected chi connectivity index (χ4v) is 9.39. The molecule has 1 aliphatic carbocycles. The van der Waals surface area contributed by atoms with Crippen molar-refractivity contribution in [1.82, 2.24) is 0 Å². The molecule has 0 saturated carbocycles. The van der Waals surface area contributed by atoms with Gasteiger partial charge in [0, 0.05) is 22.5 Å². The summed E-state index contributed by atoms with van der Waals surface area (Å²) in [7, 11) is 0. The van der Waals surface area contributed by atoms with Crippen molar-refractivity contribution in [3.05, 3.63) is 211 Å². The zero-order chi connectivity index (χ0) is 37.4. The standard InChI is InChI=1S/C55H39N/c1-55(2)52-21-10-9-20-48(52)51-35-45(29-31-53(51)55)56(44-17-11-16-40(33-44)41-23-22-36-12-3-4-14-39(36)32-41)43-27-24-38(25-28-43)50-34-42-15-6-8-19-47(42)54-46-18-7-5-13-37(46)26-30-49(50)54/h3-35H,1-2H3. The number of hydrogen-bond donors (Lipinski definition) is 0. The molecule has 0 amide bonds. The average molecular weight is 714 g/mol. The quantitative estimate of drug-likeness (QED) is 0.161. The van der Waals surface area contributed by atoms with Crippen LogP contribution in [-0.2, 0) is 5.41 Å². The molecule has 1 nitrogen and oxygen atoms in total. The summed E-state index contributed by atoms with van der Waals surface area (Å²) in [5.41, 5.74) is 13.6. The minimum absolute atomic E-state index is 0.0547. The molecule has 0 unspecified atom stereocenters. The Hall–Kier alpha value is -6.96. The van der Waals surface area contributed by atoms with E-state index in [2.05, 4.69) is 219 Å². The van der Waals surface area contributed by atoms with E-state index in [1.54, 1.807) is 0 Å². The van der Waals surface area contributed by atoms with Crippen molar-refractivity contribution in [3.8, 4) is 33.4 Å². The molecular formula is C55H39N. The lowest BCUT2D eigenvalue weighted by atomic mass is 9.82. The lowest BCUT2D eigenvalue weighted by molar-refractivity contribution is 0.660. The number of rotatable bonds is 5. The zero-order valence-corrected chi connectivity index (χ0v) is 31.5. The molecule has 11 rings (SSSR count). The molecule has 10 aromatic carbocycles. The van der Waals surface area contributed by atoms with E-state index in [1.165, 1.54) is 87.6 Å². The third-order valence-electron chi connectivity index (χ3n) is 12.2. The molecule has 0 N–H and O–H groups in total. The first-order chi connectivity index (χ1) is 27.5. The SMILES string of the molecule is CC1(C)c2ccccc2-c2cc(N(c3ccc(-c4cc5ccccc5c5c4ccc4ccccc45)cc3)c3cccc(-c4ccc5ccccc5c4)c3)ccc21. The van der Waals surface area contributed by atoms with Crippen LogP contribution in [0.15, 0.2) is 200 Å². The summed E-state index contributed by atoms with van der Waals surface area (Å²) in [5.74, 6) is 0. The number of nitrogens with zero attached hydrogens (tertiary/aromatic N) is 1. The molecule has 0 aliphatic heterocycles. The lowest BCUT2D eigenvalue weighted by Crippen LogP contribution is -2.15. The van der Waals surface area contributed by atoms with E-state index in [0.717, 1.165) is 17.1 Å². The van der Waals surface area contributed by atoms with E-state index in [0.29, 0.717) is 0 Å². The maximum Gasteiger partial charge on any atom is 0.0468 e. The van der Waals surface area contributed by atoms with Crippen molar-refractivity contribution >= 4 is 60.2 Å². The smallest absolute Gasteiger partial charge is 0.0468 e. The van der Waals surface area contributed by atoms with Gasteiger partial charge in [0.1, 0.15) is 0 Å². The van der Waals surface area contributed by atoms with Crippen LogP contribution in [0.25, 0.3) is 76.5 Å². The van der Waals surface area contributed by atoms with E-state index in [-0.39, 0.29) is 5.41 Å². The summed E-state index contributed by atoms with van der Waals surface area (Å²) >= 11 is 0. The van der Waals surface area contributed by atoms with Crippen molar-refractivity contribution in [2.24, 2.45) is 0 Å². The highest BCUT2D eigenvalue weighted by Crippen LogP contribution is 2.51. The highest BCUT2D eigenvalue weighted by atomic mass is 15.1. The first-order valence-corrected chi connectivity index (χ1v) is 19.6. The van der Waals surface area contributed by atoms with Crippen LogP contribution in [0.4, 0.5) is 17.1 Å². The van der Waals surface area contributed by atoms with Crippen LogP contribution in [0.2, 0.25) is 0 Å². The van der Waals surface area contributed by atoms with Crippen molar-refractivity contribution in [2.45, 2.75) is 19.3 Å². The molecule has 0 heterocycles. The third kappa shape index (κ3) is 5.08. The lowest BCUT2D eigenvalue weighted by Gasteiger charge is -2.28. The van der Waals surface area contributed by atoms with Crippen LogP contribution in [0.5, 0.6) is 0 Å². The molecule has 56 heavy (non-hydrogen) atoms. The van der Waals surface area contributed by atoms with Gasteiger partial charge in [0.25, 0.3) is 0 Å².